The standard InChI is InChI=1S/C19H18Cl3N5OS/c1-10(13-8-7-12(20)9-16(13)22)24-18(28)11(2)29-19-26-25-17(27(19)23)14-5-3-4-6-15(14)21/h3-11H,23H2,1-2H3,(H,24,28)/t10-,11+/m1/s1. The van der Waals surface area contributed by atoms with Gasteiger partial charge in [-0.3, -0.25) is 4.79 Å². The lowest BCUT2D eigenvalue weighted by molar-refractivity contribution is -0.120. The van der Waals surface area contributed by atoms with Crippen molar-refractivity contribution in [1.82, 2.24) is 20.2 Å². The molecule has 29 heavy (non-hydrogen) atoms. The van der Waals surface area contributed by atoms with Crippen LogP contribution < -0.4 is 11.2 Å². The van der Waals surface area contributed by atoms with Crippen LogP contribution >= 0.6 is 46.6 Å². The molecule has 0 saturated carbocycles. The zero-order valence-electron chi connectivity index (χ0n) is 15.6. The second-order valence-electron chi connectivity index (χ2n) is 6.31. The van der Waals surface area contributed by atoms with Crippen molar-refractivity contribution in [3.8, 4) is 11.4 Å². The number of halogens is 3. The van der Waals surface area contributed by atoms with Gasteiger partial charge in [0.15, 0.2) is 5.82 Å². The van der Waals surface area contributed by atoms with E-state index in [9.17, 15) is 4.79 Å². The van der Waals surface area contributed by atoms with Crippen LogP contribution in [0.15, 0.2) is 47.6 Å². The molecule has 2 atom stereocenters. The Morgan fingerprint density at radius 2 is 1.83 bits per heavy atom. The Balaban J connectivity index is 1.69. The van der Waals surface area contributed by atoms with E-state index >= 15 is 0 Å². The van der Waals surface area contributed by atoms with Crippen LogP contribution in [0.2, 0.25) is 15.1 Å². The molecule has 1 heterocycles. The second-order valence-corrected chi connectivity index (χ2v) is 8.87. The van der Waals surface area contributed by atoms with Crippen LogP contribution in [0.4, 0.5) is 0 Å². The first kappa shape index (κ1) is 21.8. The monoisotopic (exact) mass is 469 g/mol. The molecule has 3 aromatic rings. The second kappa shape index (κ2) is 9.26. The van der Waals surface area contributed by atoms with Gasteiger partial charge in [-0.2, -0.15) is 0 Å². The van der Waals surface area contributed by atoms with E-state index in [2.05, 4.69) is 15.5 Å². The van der Waals surface area contributed by atoms with E-state index in [4.69, 9.17) is 40.6 Å². The lowest BCUT2D eigenvalue weighted by atomic mass is 10.1. The average Bonchev–Trinajstić information content (AvgIpc) is 3.02. The lowest BCUT2D eigenvalue weighted by Gasteiger charge is -2.18. The first-order valence-electron chi connectivity index (χ1n) is 8.65. The van der Waals surface area contributed by atoms with Gasteiger partial charge in [-0.25, -0.2) is 4.68 Å². The minimum Gasteiger partial charge on any atom is -0.349 e. The molecule has 152 valence electrons. The predicted octanol–water partition coefficient (Wildman–Crippen LogP) is 4.98. The van der Waals surface area contributed by atoms with Crippen molar-refractivity contribution < 1.29 is 4.79 Å². The third-order valence-electron chi connectivity index (χ3n) is 4.22. The molecule has 0 saturated heterocycles. The number of rotatable bonds is 6. The molecular formula is C19H18Cl3N5OS. The Bertz CT molecular complexity index is 1040. The number of carbonyl (C=O) groups excluding carboxylic acids is 1. The molecule has 0 radical (unpaired) electrons. The number of benzene rings is 2. The van der Waals surface area contributed by atoms with Crippen molar-refractivity contribution in [2.45, 2.75) is 30.3 Å². The largest absolute Gasteiger partial charge is 0.349 e. The van der Waals surface area contributed by atoms with Gasteiger partial charge in [0.2, 0.25) is 11.1 Å². The molecule has 0 aliphatic carbocycles. The molecule has 0 aliphatic heterocycles. The van der Waals surface area contributed by atoms with E-state index < -0.39 is 5.25 Å². The van der Waals surface area contributed by atoms with E-state index in [1.54, 1.807) is 37.3 Å². The predicted molar refractivity (Wildman–Crippen MR) is 119 cm³/mol. The van der Waals surface area contributed by atoms with E-state index in [1.165, 1.54) is 16.4 Å². The number of hydrogen-bond donors (Lipinski definition) is 2. The van der Waals surface area contributed by atoms with Gasteiger partial charge in [-0.05, 0) is 43.7 Å². The maximum Gasteiger partial charge on any atom is 0.233 e. The molecule has 3 rings (SSSR count). The Labute approximate surface area is 187 Å². The van der Waals surface area contributed by atoms with Gasteiger partial charge < -0.3 is 11.2 Å². The Morgan fingerprint density at radius 3 is 2.52 bits per heavy atom. The number of hydrogen-bond acceptors (Lipinski definition) is 5. The topological polar surface area (TPSA) is 85.8 Å². The molecule has 3 N–H and O–H groups in total. The fourth-order valence-electron chi connectivity index (χ4n) is 2.66. The maximum atomic E-state index is 12.6. The van der Waals surface area contributed by atoms with Gasteiger partial charge in [-0.1, -0.05) is 64.8 Å². The number of nitrogens with two attached hydrogens (primary N) is 1. The van der Waals surface area contributed by atoms with Crippen LogP contribution in [-0.4, -0.2) is 26.0 Å². The van der Waals surface area contributed by atoms with Gasteiger partial charge in [0.05, 0.1) is 16.3 Å². The molecule has 1 aromatic heterocycles. The number of nitrogens with one attached hydrogen (secondary N) is 1. The van der Waals surface area contributed by atoms with Crippen molar-refractivity contribution >= 4 is 52.5 Å². The Morgan fingerprint density at radius 1 is 1.10 bits per heavy atom. The zero-order chi connectivity index (χ0) is 21.1. The molecule has 0 aliphatic rings. The summed E-state index contributed by atoms with van der Waals surface area (Å²) in [7, 11) is 0. The van der Waals surface area contributed by atoms with E-state index in [-0.39, 0.29) is 11.9 Å². The highest BCUT2D eigenvalue weighted by Crippen LogP contribution is 2.30. The smallest absolute Gasteiger partial charge is 0.233 e. The highest BCUT2D eigenvalue weighted by Gasteiger charge is 2.22. The summed E-state index contributed by atoms with van der Waals surface area (Å²) < 4.78 is 1.33. The highest BCUT2D eigenvalue weighted by atomic mass is 35.5. The maximum absolute atomic E-state index is 12.6. The van der Waals surface area contributed by atoms with Crippen LogP contribution in [0.25, 0.3) is 11.4 Å². The summed E-state index contributed by atoms with van der Waals surface area (Å²) in [6.07, 6.45) is 0. The van der Waals surface area contributed by atoms with Crippen molar-refractivity contribution in [3.63, 3.8) is 0 Å². The van der Waals surface area contributed by atoms with Crippen LogP contribution in [-0.2, 0) is 4.79 Å². The van der Waals surface area contributed by atoms with Gasteiger partial charge in [0, 0.05) is 15.6 Å². The molecule has 0 bridgehead atoms. The highest BCUT2D eigenvalue weighted by molar-refractivity contribution is 8.00. The zero-order valence-corrected chi connectivity index (χ0v) is 18.6. The number of carbonyl (C=O) groups is 1. The summed E-state index contributed by atoms with van der Waals surface area (Å²) in [5.74, 6) is 6.37. The van der Waals surface area contributed by atoms with Crippen molar-refractivity contribution in [1.29, 1.82) is 0 Å². The normalized spacial score (nSPS) is 13.1. The molecular weight excluding hydrogens is 453 g/mol. The number of thioether (sulfide) groups is 1. The quantitative estimate of drug-likeness (QED) is 0.392. The number of aromatic nitrogens is 3. The first-order valence-corrected chi connectivity index (χ1v) is 10.7. The van der Waals surface area contributed by atoms with Crippen LogP contribution in [0.3, 0.4) is 0 Å². The minimum absolute atomic E-state index is 0.184. The number of nitrogens with zero attached hydrogens (tertiary/aromatic N) is 3. The molecule has 10 heteroatoms. The summed E-state index contributed by atoms with van der Waals surface area (Å²) >= 11 is 19.6. The fraction of sp³-hybridized carbons (Fsp3) is 0.211. The van der Waals surface area contributed by atoms with Crippen LogP contribution in [0.1, 0.15) is 25.5 Å². The van der Waals surface area contributed by atoms with Gasteiger partial charge in [-0.15, -0.1) is 10.2 Å². The molecule has 6 nitrogen and oxygen atoms in total. The van der Waals surface area contributed by atoms with Gasteiger partial charge >= 0.3 is 0 Å². The molecule has 1 amide bonds. The summed E-state index contributed by atoms with van der Waals surface area (Å²) in [5, 5.41) is 12.6. The molecule has 0 fully saturated rings. The molecule has 0 spiro atoms. The van der Waals surface area contributed by atoms with Gasteiger partial charge in [0.1, 0.15) is 0 Å². The van der Waals surface area contributed by atoms with Crippen molar-refractivity contribution in [3.05, 3.63) is 63.1 Å². The number of amides is 1. The molecule has 0 unspecified atom stereocenters. The Kier molecular flexibility index (Phi) is 6.95. The Hall–Kier alpha value is -1.93. The summed E-state index contributed by atoms with van der Waals surface area (Å²) in [6.45, 7) is 3.62. The van der Waals surface area contributed by atoms with Crippen molar-refractivity contribution in [2.24, 2.45) is 0 Å². The van der Waals surface area contributed by atoms with E-state index in [0.717, 1.165) is 5.56 Å². The summed E-state index contributed by atoms with van der Waals surface area (Å²) in [6, 6.07) is 12.1. The number of nitrogen functional groups attached to an aromatic ring is 1. The lowest BCUT2D eigenvalue weighted by Crippen LogP contribution is -2.33. The van der Waals surface area contributed by atoms with Crippen molar-refractivity contribution in [2.75, 3.05) is 5.84 Å². The third-order valence-corrected chi connectivity index (χ3v) is 6.17. The SMILES string of the molecule is C[C@H](Sc1nnc(-c2ccccc2Cl)n1N)C(=O)N[C@H](C)c1ccc(Cl)cc1Cl. The third kappa shape index (κ3) is 4.98. The summed E-state index contributed by atoms with van der Waals surface area (Å²) in [5.41, 5.74) is 1.45. The summed E-state index contributed by atoms with van der Waals surface area (Å²) in [4.78, 5) is 12.6. The molecule has 2 aromatic carbocycles. The van der Waals surface area contributed by atoms with E-state index in [1.807, 2.05) is 19.1 Å². The van der Waals surface area contributed by atoms with Gasteiger partial charge in [0.25, 0.3) is 0 Å². The van der Waals surface area contributed by atoms with Crippen LogP contribution in [0, 0.1) is 0 Å². The minimum atomic E-state index is -0.464. The van der Waals surface area contributed by atoms with E-state index in [0.29, 0.717) is 31.6 Å². The van der Waals surface area contributed by atoms with Crippen LogP contribution in [0.5, 0.6) is 0 Å². The first-order chi connectivity index (χ1) is 13.8. The fourth-order valence-corrected chi connectivity index (χ4v) is 4.23. The average molecular weight is 471 g/mol.